The number of hydrogen-bond donors (Lipinski definition) is 1. The lowest BCUT2D eigenvalue weighted by atomic mass is 10.1. The number of aryl methyl sites for hydroxylation is 1. The summed E-state index contributed by atoms with van der Waals surface area (Å²) in [4.78, 5) is 0. The van der Waals surface area contributed by atoms with Gasteiger partial charge in [0.05, 0.1) is 0 Å². The van der Waals surface area contributed by atoms with Crippen LogP contribution in [0.25, 0.3) is 5.57 Å². The zero-order valence-corrected chi connectivity index (χ0v) is 8.01. The molecule has 1 aliphatic carbocycles. The van der Waals surface area contributed by atoms with Gasteiger partial charge in [0.2, 0.25) is 0 Å². The first-order chi connectivity index (χ1) is 6.42. The van der Waals surface area contributed by atoms with Crippen molar-refractivity contribution in [3.63, 3.8) is 0 Å². The molecule has 0 heterocycles. The molecular formula is C12H15N. The average molecular weight is 173 g/mol. The molecule has 0 saturated carbocycles. The van der Waals surface area contributed by atoms with Crippen LogP contribution in [0.1, 0.15) is 24.5 Å². The van der Waals surface area contributed by atoms with Gasteiger partial charge in [-0.25, -0.2) is 0 Å². The lowest BCUT2D eigenvalue weighted by Gasteiger charge is -2.00. The van der Waals surface area contributed by atoms with Gasteiger partial charge in [0.1, 0.15) is 0 Å². The van der Waals surface area contributed by atoms with Crippen LogP contribution < -0.4 is 5.32 Å². The highest BCUT2D eigenvalue weighted by molar-refractivity contribution is 5.72. The average Bonchev–Trinajstić information content (AvgIpc) is 2.58. The fourth-order valence-electron chi connectivity index (χ4n) is 1.83. The van der Waals surface area contributed by atoms with Gasteiger partial charge in [-0.2, -0.15) is 0 Å². The molecule has 0 radical (unpaired) electrons. The van der Waals surface area contributed by atoms with Crippen molar-refractivity contribution < 1.29 is 0 Å². The summed E-state index contributed by atoms with van der Waals surface area (Å²) in [5, 5.41) is 3.27. The molecule has 0 saturated heterocycles. The molecule has 1 nitrogen and oxygen atoms in total. The Morgan fingerprint density at radius 2 is 2.15 bits per heavy atom. The Labute approximate surface area is 79.5 Å². The minimum Gasteiger partial charge on any atom is -0.391 e. The minimum atomic E-state index is 1.01. The summed E-state index contributed by atoms with van der Waals surface area (Å²) in [5.74, 6) is 0. The second-order valence-electron chi connectivity index (χ2n) is 3.38. The van der Waals surface area contributed by atoms with E-state index in [9.17, 15) is 0 Å². The van der Waals surface area contributed by atoms with E-state index in [0.29, 0.717) is 0 Å². The van der Waals surface area contributed by atoms with E-state index in [1.807, 2.05) is 0 Å². The second kappa shape index (κ2) is 3.65. The Hall–Kier alpha value is -1.24. The van der Waals surface area contributed by atoms with E-state index in [-0.39, 0.29) is 0 Å². The quantitative estimate of drug-likeness (QED) is 0.724. The Morgan fingerprint density at radius 3 is 3.00 bits per heavy atom. The van der Waals surface area contributed by atoms with E-state index in [1.54, 1.807) is 0 Å². The molecule has 0 aromatic heterocycles. The van der Waals surface area contributed by atoms with Gasteiger partial charge >= 0.3 is 0 Å². The summed E-state index contributed by atoms with van der Waals surface area (Å²) in [6, 6.07) is 8.67. The van der Waals surface area contributed by atoms with E-state index >= 15 is 0 Å². The SMILES string of the molecule is CCNC=C1CCc2ccccc21. The molecule has 0 fully saturated rings. The summed E-state index contributed by atoms with van der Waals surface area (Å²) < 4.78 is 0. The number of fused-ring (bicyclic) bond motifs is 1. The van der Waals surface area contributed by atoms with Gasteiger partial charge in [-0.3, -0.25) is 0 Å². The topological polar surface area (TPSA) is 12.0 Å². The van der Waals surface area contributed by atoms with Crippen LogP contribution in [-0.4, -0.2) is 6.54 Å². The third-order valence-electron chi connectivity index (χ3n) is 2.51. The van der Waals surface area contributed by atoms with E-state index in [1.165, 1.54) is 29.5 Å². The first kappa shape index (κ1) is 8.36. The van der Waals surface area contributed by atoms with Crippen molar-refractivity contribution in [1.29, 1.82) is 0 Å². The van der Waals surface area contributed by atoms with Crippen molar-refractivity contribution in [2.24, 2.45) is 0 Å². The Kier molecular flexibility index (Phi) is 2.35. The summed E-state index contributed by atoms with van der Waals surface area (Å²) in [6.07, 6.45) is 4.55. The first-order valence-corrected chi connectivity index (χ1v) is 4.92. The Bertz CT molecular complexity index is 326. The lowest BCUT2D eigenvalue weighted by molar-refractivity contribution is 0.915. The highest BCUT2D eigenvalue weighted by atomic mass is 14.8. The summed E-state index contributed by atoms with van der Waals surface area (Å²) in [6.45, 7) is 3.13. The highest BCUT2D eigenvalue weighted by Gasteiger charge is 2.14. The molecular weight excluding hydrogens is 158 g/mol. The van der Waals surface area contributed by atoms with E-state index in [0.717, 1.165) is 6.54 Å². The summed E-state index contributed by atoms with van der Waals surface area (Å²) in [7, 11) is 0. The van der Waals surface area contributed by atoms with Crippen molar-refractivity contribution in [3.8, 4) is 0 Å². The standard InChI is InChI=1S/C12H15N/c1-2-13-9-11-8-7-10-5-3-4-6-12(10)11/h3-6,9,13H,2,7-8H2,1H3. The van der Waals surface area contributed by atoms with Crippen LogP contribution in [0, 0.1) is 0 Å². The minimum absolute atomic E-state index is 1.01. The number of nitrogens with one attached hydrogen (secondary N) is 1. The van der Waals surface area contributed by atoms with Gasteiger partial charge in [-0.05, 0) is 36.5 Å². The maximum absolute atomic E-state index is 3.27. The Morgan fingerprint density at radius 1 is 1.31 bits per heavy atom. The normalized spacial score (nSPS) is 17.5. The van der Waals surface area contributed by atoms with E-state index in [4.69, 9.17) is 0 Å². The highest BCUT2D eigenvalue weighted by Crippen LogP contribution is 2.30. The second-order valence-corrected chi connectivity index (χ2v) is 3.38. The summed E-state index contributed by atoms with van der Waals surface area (Å²) in [5.41, 5.74) is 4.38. The van der Waals surface area contributed by atoms with Gasteiger partial charge in [0, 0.05) is 12.7 Å². The third-order valence-corrected chi connectivity index (χ3v) is 2.51. The third kappa shape index (κ3) is 1.59. The van der Waals surface area contributed by atoms with Gasteiger partial charge in [0.15, 0.2) is 0 Å². The molecule has 13 heavy (non-hydrogen) atoms. The van der Waals surface area contributed by atoms with Crippen LogP contribution in [-0.2, 0) is 6.42 Å². The monoisotopic (exact) mass is 173 g/mol. The lowest BCUT2D eigenvalue weighted by Crippen LogP contribution is -2.02. The molecule has 2 rings (SSSR count). The fourth-order valence-corrected chi connectivity index (χ4v) is 1.83. The van der Waals surface area contributed by atoms with E-state index in [2.05, 4.69) is 42.7 Å². The zero-order chi connectivity index (χ0) is 9.10. The van der Waals surface area contributed by atoms with Crippen LogP contribution in [0.15, 0.2) is 30.5 Å². The first-order valence-electron chi connectivity index (χ1n) is 4.92. The molecule has 68 valence electrons. The molecule has 0 aliphatic heterocycles. The van der Waals surface area contributed by atoms with Crippen molar-refractivity contribution in [3.05, 3.63) is 41.6 Å². The largest absolute Gasteiger partial charge is 0.391 e. The maximum Gasteiger partial charge on any atom is 0.0113 e. The maximum atomic E-state index is 3.27. The van der Waals surface area contributed by atoms with Crippen LogP contribution in [0.2, 0.25) is 0 Å². The van der Waals surface area contributed by atoms with Gasteiger partial charge in [-0.15, -0.1) is 0 Å². The van der Waals surface area contributed by atoms with Crippen molar-refractivity contribution in [1.82, 2.24) is 5.32 Å². The molecule has 0 spiro atoms. The molecule has 1 aromatic carbocycles. The number of benzene rings is 1. The van der Waals surface area contributed by atoms with Crippen molar-refractivity contribution >= 4 is 5.57 Å². The molecule has 0 bridgehead atoms. The predicted octanol–water partition coefficient (Wildman–Crippen LogP) is 2.58. The van der Waals surface area contributed by atoms with Gasteiger partial charge in [0.25, 0.3) is 0 Å². The summed E-state index contributed by atoms with van der Waals surface area (Å²) >= 11 is 0. The Balaban J connectivity index is 2.28. The van der Waals surface area contributed by atoms with Crippen molar-refractivity contribution in [2.75, 3.05) is 6.54 Å². The zero-order valence-electron chi connectivity index (χ0n) is 8.01. The van der Waals surface area contributed by atoms with Gasteiger partial charge < -0.3 is 5.32 Å². The number of hydrogen-bond acceptors (Lipinski definition) is 1. The van der Waals surface area contributed by atoms with Crippen LogP contribution in [0.3, 0.4) is 0 Å². The van der Waals surface area contributed by atoms with Crippen LogP contribution in [0.4, 0.5) is 0 Å². The molecule has 0 amide bonds. The molecule has 1 aliphatic rings. The molecule has 1 aromatic rings. The smallest absolute Gasteiger partial charge is 0.0113 e. The van der Waals surface area contributed by atoms with Crippen LogP contribution in [0.5, 0.6) is 0 Å². The molecule has 1 heteroatoms. The fraction of sp³-hybridized carbons (Fsp3) is 0.333. The predicted molar refractivity (Wildman–Crippen MR) is 56.4 cm³/mol. The molecule has 0 unspecified atom stereocenters. The van der Waals surface area contributed by atoms with E-state index < -0.39 is 0 Å². The van der Waals surface area contributed by atoms with Crippen LogP contribution >= 0.6 is 0 Å². The number of rotatable bonds is 2. The number of allylic oxidation sites excluding steroid dienone is 1. The molecule has 0 atom stereocenters. The van der Waals surface area contributed by atoms with Crippen molar-refractivity contribution in [2.45, 2.75) is 19.8 Å². The molecule has 1 N–H and O–H groups in total. The van der Waals surface area contributed by atoms with Gasteiger partial charge in [-0.1, -0.05) is 24.3 Å².